The molecule has 32 heavy (non-hydrogen) atoms. The maximum Gasteiger partial charge on any atom is 0.234 e. The number of amides is 1. The molecule has 2 heterocycles. The highest BCUT2D eigenvalue weighted by Crippen LogP contribution is 2.29. The summed E-state index contributed by atoms with van der Waals surface area (Å²) in [4.78, 5) is 12.5. The van der Waals surface area contributed by atoms with Crippen LogP contribution < -0.4 is 14.8 Å². The number of nitrogens with one attached hydrogen (secondary N) is 1. The summed E-state index contributed by atoms with van der Waals surface area (Å²) in [6, 6.07) is 17.3. The average molecular weight is 450 g/mol. The normalized spacial score (nSPS) is 10.8. The molecule has 164 valence electrons. The fourth-order valence-electron chi connectivity index (χ4n) is 3.14. The lowest BCUT2D eigenvalue weighted by Gasteiger charge is -2.11. The van der Waals surface area contributed by atoms with Crippen molar-refractivity contribution in [3.63, 3.8) is 0 Å². The van der Waals surface area contributed by atoms with Gasteiger partial charge in [0.15, 0.2) is 5.65 Å². The Balaban J connectivity index is 1.48. The molecule has 0 spiro atoms. The number of nitrogens with zero attached hydrogens (tertiary/aromatic N) is 4. The Kier molecular flexibility index (Phi) is 6.55. The molecule has 0 radical (unpaired) electrons. The van der Waals surface area contributed by atoms with Crippen molar-refractivity contribution in [1.82, 2.24) is 19.8 Å². The van der Waals surface area contributed by atoms with Crippen LogP contribution >= 0.6 is 11.8 Å². The number of fused-ring (bicyclic) bond motifs is 1. The topological polar surface area (TPSA) is 90.6 Å². The summed E-state index contributed by atoms with van der Waals surface area (Å²) in [5.41, 5.74) is 4.29. The van der Waals surface area contributed by atoms with Crippen LogP contribution in [0.4, 0.5) is 5.69 Å². The molecule has 0 atom stereocenters. The molecule has 2 aromatic carbocycles. The molecule has 0 aliphatic carbocycles. The fourth-order valence-corrected chi connectivity index (χ4v) is 3.83. The number of rotatable bonds is 8. The summed E-state index contributed by atoms with van der Waals surface area (Å²) in [6.07, 6.45) is 0.990. The van der Waals surface area contributed by atoms with Gasteiger partial charge in [-0.15, -0.1) is 10.2 Å². The molecule has 4 rings (SSSR count). The van der Waals surface area contributed by atoms with Gasteiger partial charge in [0.05, 0.1) is 31.4 Å². The first-order valence-corrected chi connectivity index (χ1v) is 11.1. The zero-order chi connectivity index (χ0) is 22.5. The Hall–Kier alpha value is -3.59. The minimum Gasteiger partial charge on any atom is -0.497 e. The van der Waals surface area contributed by atoms with Gasteiger partial charge in [-0.1, -0.05) is 43.0 Å². The number of anilines is 1. The van der Waals surface area contributed by atoms with Gasteiger partial charge in [-0.2, -0.15) is 9.61 Å². The van der Waals surface area contributed by atoms with Crippen LogP contribution in [-0.4, -0.2) is 45.7 Å². The third-order valence-corrected chi connectivity index (χ3v) is 5.83. The summed E-state index contributed by atoms with van der Waals surface area (Å²) in [7, 11) is 3.12. The summed E-state index contributed by atoms with van der Waals surface area (Å²) in [5.74, 6) is 1.13. The quantitative estimate of drug-likeness (QED) is 0.405. The van der Waals surface area contributed by atoms with E-state index in [9.17, 15) is 4.79 Å². The van der Waals surface area contributed by atoms with Crippen LogP contribution in [0.3, 0.4) is 0 Å². The third-order valence-electron chi connectivity index (χ3n) is 4.91. The van der Waals surface area contributed by atoms with Gasteiger partial charge in [0.1, 0.15) is 11.5 Å². The minimum absolute atomic E-state index is 0.146. The first-order chi connectivity index (χ1) is 15.6. The number of benzene rings is 2. The van der Waals surface area contributed by atoms with Crippen molar-refractivity contribution in [2.75, 3.05) is 25.3 Å². The number of thioether (sulfide) groups is 1. The van der Waals surface area contributed by atoms with Crippen LogP contribution in [-0.2, 0) is 11.2 Å². The van der Waals surface area contributed by atoms with Crippen molar-refractivity contribution < 1.29 is 14.3 Å². The number of aromatic nitrogens is 4. The summed E-state index contributed by atoms with van der Waals surface area (Å²) in [5, 5.41) is 16.4. The number of carbonyl (C=O) groups is 1. The van der Waals surface area contributed by atoms with Gasteiger partial charge in [0, 0.05) is 11.6 Å². The molecule has 8 nitrogen and oxygen atoms in total. The Labute approximate surface area is 190 Å². The second kappa shape index (κ2) is 9.69. The van der Waals surface area contributed by atoms with E-state index in [2.05, 4.69) is 51.8 Å². The molecule has 4 aromatic rings. The Morgan fingerprint density at radius 3 is 2.56 bits per heavy atom. The monoisotopic (exact) mass is 449 g/mol. The van der Waals surface area contributed by atoms with E-state index in [1.807, 2.05) is 12.1 Å². The zero-order valence-corrected chi connectivity index (χ0v) is 18.8. The van der Waals surface area contributed by atoms with Crippen LogP contribution in [0, 0.1) is 0 Å². The molecule has 0 saturated carbocycles. The Morgan fingerprint density at radius 1 is 1.03 bits per heavy atom. The minimum atomic E-state index is -0.193. The lowest BCUT2D eigenvalue weighted by molar-refractivity contribution is -0.113. The highest BCUT2D eigenvalue weighted by molar-refractivity contribution is 7.99. The maximum atomic E-state index is 12.5. The van der Waals surface area contributed by atoms with Crippen LogP contribution in [0.25, 0.3) is 16.9 Å². The van der Waals surface area contributed by atoms with Crippen LogP contribution in [0.1, 0.15) is 12.5 Å². The van der Waals surface area contributed by atoms with Crippen molar-refractivity contribution in [3.05, 3.63) is 60.2 Å². The summed E-state index contributed by atoms with van der Waals surface area (Å²) in [6.45, 7) is 2.13. The average Bonchev–Trinajstić information content (AvgIpc) is 3.25. The molecule has 1 N–H and O–H groups in total. The van der Waals surface area contributed by atoms with Crippen molar-refractivity contribution in [1.29, 1.82) is 0 Å². The van der Waals surface area contributed by atoms with E-state index in [-0.39, 0.29) is 11.7 Å². The van der Waals surface area contributed by atoms with Crippen molar-refractivity contribution >= 4 is 29.0 Å². The van der Waals surface area contributed by atoms with Crippen LogP contribution in [0.15, 0.2) is 59.8 Å². The molecular weight excluding hydrogens is 426 g/mol. The van der Waals surface area contributed by atoms with Gasteiger partial charge in [0.25, 0.3) is 0 Å². The first-order valence-electron chi connectivity index (χ1n) is 10.1. The lowest BCUT2D eigenvalue weighted by Crippen LogP contribution is -2.15. The Bertz CT molecular complexity index is 1240. The molecule has 0 unspecified atom stereocenters. The molecule has 2 aromatic heterocycles. The van der Waals surface area contributed by atoms with Crippen molar-refractivity contribution in [3.8, 4) is 22.8 Å². The summed E-state index contributed by atoms with van der Waals surface area (Å²) >= 11 is 1.26. The molecule has 0 aliphatic rings. The third kappa shape index (κ3) is 4.67. The van der Waals surface area contributed by atoms with E-state index in [0.717, 1.165) is 17.7 Å². The second-order valence-corrected chi connectivity index (χ2v) is 7.87. The predicted octanol–water partition coefficient (Wildman–Crippen LogP) is 4.10. The van der Waals surface area contributed by atoms with E-state index < -0.39 is 0 Å². The molecule has 1 amide bonds. The molecule has 0 bridgehead atoms. The van der Waals surface area contributed by atoms with E-state index in [0.29, 0.717) is 28.0 Å². The predicted molar refractivity (Wildman–Crippen MR) is 124 cm³/mol. The Morgan fingerprint density at radius 2 is 1.84 bits per heavy atom. The number of aryl methyl sites for hydroxylation is 1. The van der Waals surface area contributed by atoms with Gasteiger partial charge in [0.2, 0.25) is 11.1 Å². The van der Waals surface area contributed by atoms with Gasteiger partial charge in [-0.05, 0) is 36.2 Å². The molecule has 9 heteroatoms. The standard InChI is InChI=1S/C23H23N5O3S/c1-4-15-5-7-16(8-6-15)18-11-12-21-25-26-23(28(21)27-18)32-14-22(29)24-19-10-9-17(30-2)13-20(19)31-3/h5-13H,4,14H2,1-3H3,(H,24,29). The molecular formula is C23H23N5O3S. The van der Waals surface area contributed by atoms with E-state index in [4.69, 9.17) is 9.47 Å². The van der Waals surface area contributed by atoms with Crippen molar-refractivity contribution in [2.45, 2.75) is 18.5 Å². The molecule has 0 saturated heterocycles. The van der Waals surface area contributed by atoms with Gasteiger partial charge >= 0.3 is 0 Å². The number of carbonyl (C=O) groups excluding carboxylic acids is 1. The van der Waals surface area contributed by atoms with Gasteiger partial charge in [-0.3, -0.25) is 4.79 Å². The van der Waals surface area contributed by atoms with Gasteiger partial charge < -0.3 is 14.8 Å². The largest absolute Gasteiger partial charge is 0.497 e. The summed E-state index contributed by atoms with van der Waals surface area (Å²) < 4.78 is 12.2. The zero-order valence-electron chi connectivity index (χ0n) is 18.0. The van der Waals surface area contributed by atoms with Crippen molar-refractivity contribution in [2.24, 2.45) is 0 Å². The van der Waals surface area contributed by atoms with E-state index >= 15 is 0 Å². The van der Waals surface area contributed by atoms with Crippen LogP contribution in [0.2, 0.25) is 0 Å². The van der Waals surface area contributed by atoms with Crippen LogP contribution in [0.5, 0.6) is 11.5 Å². The fraction of sp³-hybridized carbons (Fsp3) is 0.217. The lowest BCUT2D eigenvalue weighted by atomic mass is 10.1. The highest BCUT2D eigenvalue weighted by atomic mass is 32.2. The SMILES string of the molecule is CCc1ccc(-c2ccc3nnc(SCC(=O)Nc4ccc(OC)cc4OC)n3n2)cc1. The smallest absolute Gasteiger partial charge is 0.234 e. The number of ether oxygens (including phenoxy) is 2. The molecule has 0 fully saturated rings. The number of hydrogen-bond acceptors (Lipinski definition) is 7. The maximum absolute atomic E-state index is 12.5. The number of methoxy groups -OCH3 is 2. The highest BCUT2D eigenvalue weighted by Gasteiger charge is 2.13. The van der Waals surface area contributed by atoms with Gasteiger partial charge in [-0.25, -0.2) is 0 Å². The van der Waals surface area contributed by atoms with E-state index in [1.165, 1.54) is 17.3 Å². The first kappa shape index (κ1) is 21.6. The number of hydrogen-bond donors (Lipinski definition) is 1. The van der Waals surface area contributed by atoms with E-state index in [1.54, 1.807) is 36.9 Å². The molecule has 0 aliphatic heterocycles. The second-order valence-electron chi connectivity index (χ2n) is 6.92.